The minimum Gasteiger partial charge on any atom is -0.693 e. The van der Waals surface area contributed by atoms with E-state index in [-0.39, 0.29) is 32.7 Å². The zero-order valence-corrected chi connectivity index (χ0v) is 8.43. The van der Waals surface area contributed by atoms with Crippen LogP contribution in [-0.2, 0) is 20.4 Å². The molecule has 70 valence electrons. The van der Waals surface area contributed by atoms with E-state index in [9.17, 15) is 0 Å². The van der Waals surface area contributed by atoms with Crippen LogP contribution in [0.5, 0.6) is 0 Å². The van der Waals surface area contributed by atoms with Crippen molar-refractivity contribution in [3.8, 4) is 0 Å². The molecule has 0 radical (unpaired) electrons. The third-order valence-electron chi connectivity index (χ3n) is 1.56. The summed E-state index contributed by atoms with van der Waals surface area (Å²) in [5, 5.41) is 0. The first-order valence-electron chi connectivity index (χ1n) is 3.14. The van der Waals surface area contributed by atoms with Crippen LogP contribution in [0.1, 0.15) is 33.1 Å². The van der Waals surface area contributed by atoms with Gasteiger partial charge in [0.15, 0.2) is 0 Å². The Morgan fingerprint density at radius 1 is 1.10 bits per heavy atom. The van der Waals surface area contributed by atoms with Crippen molar-refractivity contribution in [3.05, 3.63) is 19.2 Å². The maximum absolute atomic E-state index is 3.83. The smallest absolute Gasteiger partial charge is 0 e. The fraction of sp³-hybridized carbons (Fsp3) is 0.857. The second-order valence-corrected chi connectivity index (χ2v) is 1.97. The number of hydrogen-bond acceptors (Lipinski definition) is 0. The third kappa shape index (κ3) is 11.4. The summed E-state index contributed by atoms with van der Waals surface area (Å²) < 4.78 is 0. The second-order valence-electron chi connectivity index (χ2n) is 1.97. The van der Waals surface area contributed by atoms with Crippen LogP contribution < -0.4 is 0 Å². The summed E-state index contributed by atoms with van der Waals surface area (Å²) in [6.45, 7) is 8.27. The predicted molar refractivity (Wildman–Crippen MR) is 44.6 cm³/mol. The average molecular weight is 238 g/mol. The molecule has 0 fully saturated rings. The van der Waals surface area contributed by atoms with Crippen LogP contribution in [0.15, 0.2) is 0 Å². The van der Waals surface area contributed by atoms with Gasteiger partial charge in [-0.2, -0.15) is 6.42 Å². The van der Waals surface area contributed by atoms with Crippen LogP contribution in [0, 0.1) is 12.8 Å². The predicted octanol–water partition coefficient (Wildman–Crippen LogP) is 4.08. The number of hydrogen-bond donors (Lipinski definition) is 0. The molecule has 0 atom stereocenters. The van der Waals surface area contributed by atoms with Gasteiger partial charge in [-0.15, -0.1) is 0 Å². The molecule has 0 aromatic rings. The van der Waals surface area contributed by atoms with E-state index in [2.05, 4.69) is 20.8 Å². The first kappa shape index (κ1) is 22.4. The fourth-order valence-corrected chi connectivity index (χ4v) is 0.697. The molecule has 0 heterocycles. The molecule has 4 N–H and O–H groups in total. The molecular weight excluding hydrogens is 219 g/mol. The van der Waals surface area contributed by atoms with E-state index in [0.29, 0.717) is 0 Å². The number of rotatable bonds is 3. The Hall–Kier alpha value is 0.582. The first-order valence-corrected chi connectivity index (χ1v) is 3.14. The van der Waals surface area contributed by atoms with E-state index in [1.54, 1.807) is 0 Å². The molecule has 0 aliphatic rings. The average Bonchev–Trinajstić information content (AvgIpc) is 1.72. The van der Waals surface area contributed by atoms with Gasteiger partial charge in [0, 0.05) is 20.4 Å². The molecule has 0 spiro atoms. The van der Waals surface area contributed by atoms with E-state index in [4.69, 9.17) is 0 Å². The first-order chi connectivity index (χ1) is 3.35. The molecule has 0 bridgehead atoms. The fourth-order valence-electron chi connectivity index (χ4n) is 0.697. The molecule has 0 amide bonds. The monoisotopic (exact) mass is 237 g/mol. The van der Waals surface area contributed by atoms with Gasteiger partial charge in [-0.3, -0.25) is 0 Å². The van der Waals surface area contributed by atoms with Crippen molar-refractivity contribution in [1.82, 2.24) is 0 Å². The Bertz CT molecular complexity index is 33.1. The molecule has 3 heteroatoms. The zero-order chi connectivity index (χ0) is 5.70. The molecule has 2 nitrogen and oxygen atoms in total. The quantitative estimate of drug-likeness (QED) is 0.524. The largest absolute Gasteiger partial charge is 0.693 e. The van der Waals surface area contributed by atoms with Crippen molar-refractivity contribution < 1.29 is 20.4 Å². The molecule has 0 saturated carbocycles. The molecular formula is C7H19N2Pd-3. The second kappa shape index (κ2) is 16.3. The molecule has 0 aliphatic heterocycles. The van der Waals surface area contributed by atoms with Crippen LogP contribution in [0.3, 0.4) is 0 Å². The van der Waals surface area contributed by atoms with E-state index in [0.717, 1.165) is 12.3 Å². The van der Waals surface area contributed by atoms with Crippen LogP contribution in [-0.4, -0.2) is 0 Å². The van der Waals surface area contributed by atoms with Gasteiger partial charge >= 0.3 is 0 Å². The van der Waals surface area contributed by atoms with Gasteiger partial charge in [-0.1, -0.05) is 32.6 Å². The van der Waals surface area contributed by atoms with Crippen molar-refractivity contribution in [1.29, 1.82) is 0 Å². The Labute approximate surface area is 79.0 Å². The van der Waals surface area contributed by atoms with Gasteiger partial charge in [0.25, 0.3) is 0 Å². The van der Waals surface area contributed by atoms with Crippen LogP contribution >= 0.6 is 0 Å². The van der Waals surface area contributed by atoms with Crippen LogP contribution in [0.2, 0.25) is 0 Å². The van der Waals surface area contributed by atoms with Crippen molar-refractivity contribution in [2.24, 2.45) is 5.92 Å². The standard InChI is InChI=1S/C7H15.2H2N.Pd/c1-4-7(5-2)6-3;;;/h7H,1,4-6H2,2-3H3;2*1H2;/q3*-1;. The molecule has 0 saturated heterocycles. The SMILES string of the molecule is [CH2-]CC(CC)CC.[NH2-].[NH2-].[Pd]. The van der Waals surface area contributed by atoms with Crippen molar-refractivity contribution in [3.63, 3.8) is 0 Å². The maximum Gasteiger partial charge on any atom is 0 e. The minimum atomic E-state index is 0. The van der Waals surface area contributed by atoms with Gasteiger partial charge in [0.2, 0.25) is 0 Å². The van der Waals surface area contributed by atoms with E-state index in [1.807, 2.05) is 0 Å². The minimum absolute atomic E-state index is 0. The van der Waals surface area contributed by atoms with Gasteiger partial charge < -0.3 is 19.2 Å². The van der Waals surface area contributed by atoms with Gasteiger partial charge in [0.05, 0.1) is 0 Å². The van der Waals surface area contributed by atoms with Gasteiger partial charge in [0.1, 0.15) is 0 Å². The van der Waals surface area contributed by atoms with E-state index in [1.165, 1.54) is 12.8 Å². The molecule has 0 rings (SSSR count). The summed E-state index contributed by atoms with van der Waals surface area (Å²) in [6.07, 6.45) is 3.69. The Morgan fingerprint density at radius 3 is 1.40 bits per heavy atom. The molecule has 10 heavy (non-hydrogen) atoms. The van der Waals surface area contributed by atoms with Crippen molar-refractivity contribution in [2.75, 3.05) is 0 Å². The Balaban J connectivity index is -0.0000000600. The normalized spacial score (nSPS) is 7.20. The topological polar surface area (TPSA) is 67.0 Å². The summed E-state index contributed by atoms with van der Waals surface area (Å²) in [5.41, 5.74) is 0. The summed E-state index contributed by atoms with van der Waals surface area (Å²) in [5.74, 6) is 0.875. The Kier molecular flexibility index (Phi) is 36.5. The van der Waals surface area contributed by atoms with Gasteiger partial charge in [-0.05, 0) is 0 Å². The maximum atomic E-state index is 3.83. The van der Waals surface area contributed by atoms with Gasteiger partial charge in [-0.25, -0.2) is 0 Å². The van der Waals surface area contributed by atoms with Crippen molar-refractivity contribution in [2.45, 2.75) is 33.1 Å². The number of nitrogens with two attached hydrogens (primary N) is 2. The van der Waals surface area contributed by atoms with E-state index < -0.39 is 0 Å². The summed E-state index contributed by atoms with van der Waals surface area (Å²) >= 11 is 0. The van der Waals surface area contributed by atoms with E-state index >= 15 is 0 Å². The molecule has 0 aromatic carbocycles. The summed E-state index contributed by atoms with van der Waals surface area (Å²) in [7, 11) is 0. The summed E-state index contributed by atoms with van der Waals surface area (Å²) in [4.78, 5) is 0. The van der Waals surface area contributed by atoms with Crippen LogP contribution in [0.4, 0.5) is 0 Å². The molecule has 0 aliphatic carbocycles. The molecule has 0 unspecified atom stereocenters. The summed E-state index contributed by atoms with van der Waals surface area (Å²) in [6, 6.07) is 0. The third-order valence-corrected chi connectivity index (χ3v) is 1.56. The van der Waals surface area contributed by atoms with Crippen molar-refractivity contribution >= 4 is 0 Å². The van der Waals surface area contributed by atoms with Crippen LogP contribution in [0.25, 0.3) is 12.3 Å². The Morgan fingerprint density at radius 2 is 1.40 bits per heavy atom. The zero-order valence-electron chi connectivity index (χ0n) is 6.88. The molecule has 0 aromatic heterocycles.